The lowest BCUT2D eigenvalue weighted by Crippen LogP contribution is -2.39. The van der Waals surface area contributed by atoms with E-state index in [1.54, 1.807) is 32.9 Å². The van der Waals surface area contributed by atoms with Crippen LogP contribution in [-0.4, -0.2) is 42.0 Å². The average molecular weight is 323 g/mol. The Morgan fingerprint density at radius 3 is 2.17 bits per heavy atom. The fourth-order valence-corrected chi connectivity index (χ4v) is 1.81. The zero-order chi connectivity index (χ0) is 17.6. The van der Waals surface area contributed by atoms with E-state index in [-0.39, 0.29) is 11.7 Å². The second kappa shape index (κ2) is 7.97. The Morgan fingerprint density at radius 1 is 1.17 bits per heavy atom. The molecule has 0 saturated heterocycles. The first-order valence-corrected chi connectivity index (χ1v) is 7.55. The van der Waals surface area contributed by atoms with Crippen LogP contribution in [0.5, 0.6) is 0 Å². The molecule has 0 fully saturated rings. The van der Waals surface area contributed by atoms with Gasteiger partial charge in [-0.3, -0.25) is 4.90 Å². The lowest BCUT2D eigenvalue weighted by Gasteiger charge is -2.27. The molecular weight excluding hydrogens is 298 g/mol. The minimum atomic E-state index is -1.01. The highest BCUT2D eigenvalue weighted by atomic mass is 16.6. The third kappa shape index (κ3) is 6.69. The van der Waals surface area contributed by atoms with Crippen molar-refractivity contribution in [2.24, 2.45) is 0 Å². The average Bonchev–Trinajstić information content (AvgIpc) is 2.41. The molecule has 0 saturated carbocycles. The summed E-state index contributed by atoms with van der Waals surface area (Å²) in [6.07, 6.45) is -0.433. The summed E-state index contributed by atoms with van der Waals surface area (Å²) in [7, 11) is 0. The van der Waals surface area contributed by atoms with Gasteiger partial charge in [-0.2, -0.15) is 0 Å². The molecule has 1 amide bonds. The van der Waals surface area contributed by atoms with Crippen LogP contribution in [0.2, 0.25) is 0 Å². The number of hydrogen-bond acceptors (Lipinski definition) is 4. The molecule has 0 aliphatic rings. The minimum Gasteiger partial charge on any atom is -0.478 e. The summed E-state index contributed by atoms with van der Waals surface area (Å²) >= 11 is 0. The van der Waals surface area contributed by atoms with Crippen molar-refractivity contribution in [3.8, 4) is 0 Å². The molecule has 128 valence electrons. The van der Waals surface area contributed by atoms with Crippen LogP contribution in [0.3, 0.4) is 0 Å². The van der Waals surface area contributed by atoms with Gasteiger partial charge in [0.15, 0.2) is 0 Å². The molecule has 0 heterocycles. The van der Waals surface area contributed by atoms with Crippen LogP contribution in [0.1, 0.15) is 45.0 Å². The Kier molecular flexibility index (Phi) is 6.57. The van der Waals surface area contributed by atoms with Crippen LogP contribution < -0.4 is 4.90 Å². The smallest absolute Gasteiger partial charge is 0.414 e. The summed E-state index contributed by atoms with van der Waals surface area (Å²) in [6, 6.07) is 6.09. The van der Waals surface area contributed by atoms with Crippen LogP contribution in [0.25, 0.3) is 0 Å². The van der Waals surface area contributed by atoms with Gasteiger partial charge in [-0.05, 0) is 58.9 Å². The monoisotopic (exact) mass is 323 g/mol. The van der Waals surface area contributed by atoms with Crippen LogP contribution in [0.4, 0.5) is 10.5 Å². The second-order valence-corrected chi connectivity index (χ2v) is 6.40. The van der Waals surface area contributed by atoms with Gasteiger partial charge in [0, 0.05) is 5.69 Å². The predicted octanol–water partition coefficient (Wildman–Crippen LogP) is 3.55. The summed E-state index contributed by atoms with van der Waals surface area (Å²) in [5.74, 6) is -1.01. The second-order valence-electron chi connectivity index (χ2n) is 6.40. The van der Waals surface area contributed by atoms with E-state index in [4.69, 9.17) is 14.6 Å². The van der Waals surface area contributed by atoms with Crippen molar-refractivity contribution in [1.82, 2.24) is 0 Å². The number of aromatic carboxylic acids is 1. The summed E-state index contributed by atoms with van der Waals surface area (Å²) < 4.78 is 10.9. The highest BCUT2D eigenvalue weighted by molar-refractivity contribution is 5.91. The molecule has 0 radical (unpaired) electrons. The van der Waals surface area contributed by atoms with E-state index in [2.05, 4.69) is 0 Å². The molecule has 1 rings (SSSR count). The number of ether oxygens (including phenoxy) is 2. The molecule has 1 aromatic carbocycles. The van der Waals surface area contributed by atoms with Crippen LogP contribution in [0.15, 0.2) is 24.3 Å². The molecule has 1 aromatic rings. The van der Waals surface area contributed by atoms with Gasteiger partial charge < -0.3 is 14.6 Å². The molecule has 0 aliphatic heterocycles. The van der Waals surface area contributed by atoms with Crippen LogP contribution in [0, 0.1) is 0 Å². The van der Waals surface area contributed by atoms with Crippen molar-refractivity contribution in [3.63, 3.8) is 0 Å². The van der Waals surface area contributed by atoms with E-state index in [1.165, 1.54) is 17.0 Å². The molecule has 0 atom stereocenters. The van der Waals surface area contributed by atoms with Crippen molar-refractivity contribution in [2.75, 3.05) is 18.1 Å². The Morgan fingerprint density at radius 2 is 1.74 bits per heavy atom. The van der Waals surface area contributed by atoms with Gasteiger partial charge in [0.1, 0.15) is 5.60 Å². The van der Waals surface area contributed by atoms with E-state index in [1.807, 2.05) is 13.8 Å². The van der Waals surface area contributed by atoms with Gasteiger partial charge in [0.2, 0.25) is 0 Å². The highest BCUT2D eigenvalue weighted by Crippen LogP contribution is 2.19. The molecule has 0 unspecified atom stereocenters. The third-order valence-electron chi connectivity index (χ3n) is 2.81. The molecule has 1 N–H and O–H groups in total. The molecule has 23 heavy (non-hydrogen) atoms. The normalized spacial score (nSPS) is 11.4. The number of rotatable bonds is 6. The van der Waals surface area contributed by atoms with Gasteiger partial charge in [-0.25, -0.2) is 9.59 Å². The lowest BCUT2D eigenvalue weighted by molar-refractivity contribution is 0.0526. The van der Waals surface area contributed by atoms with Gasteiger partial charge in [0.25, 0.3) is 0 Å². The van der Waals surface area contributed by atoms with Crippen molar-refractivity contribution >= 4 is 17.7 Å². The number of benzene rings is 1. The summed E-state index contributed by atoms with van der Waals surface area (Å²) in [6.45, 7) is 9.89. The van der Waals surface area contributed by atoms with Crippen LogP contribution in [-0.2, 0) is 9.47 Å². The van der Waals surface area contributed by atoms with Gasteiger partial charge in [0.05, 0.1) is 24.8 Å². The number of anilines is 1. The largest absolute Gasteiger partial charge is 0.478 e. The quantitative estimate of drug-likeness (QED) is 0.866. The number of carboxylic acid groups (broad SMARTS) is 1. The molecule has 6 heteroatoms. The van der Waals surface area contributed by atoms with E-state index >= 15 is 0 Å². The van der Waals surface area contributed by atoms with E-state index in [0.717, 1.165) is 0 Å². The number of nitrogens with zero attached hydrogens (tertiary/aromatic N) is 1. The SMILES string of the molecule is CC(C)OCCN(C(=O)OC(C)(C)C)c1ccc(C(=O)O)cc1. The Labute approximate surface area is 137 Å². The maximum Gasteiger partial charge on any atom is 0.414 e. The highest BCUT2D eigenvalue weighted by Gasteiger charge is 2.23. The Hall–Kier alpha value is -2.08. The summed E-state index contributed by atoms with van der Waals surface area (Å²) in [5.41, 5.74) is 0.114. The van der Waals surface area contributed by atoms with Crippen molar-refractivity contribution < 1.29 is 24.2 Å². The van der Waals surface area contributed by atoms with Gasteiger partial charge in [-0.1, -0.05) is 0 Å². The lowest BCUT2D eigenvalue weighted by atomic mass is 10.2. The van der Waals surface area contributed by atoms with Gasteiger partial charge >= 0.3 is 12.1 Å². The zero-order valence-corrected chi connectivity index (χ0v) is 14.3. The third-order valence-corrected chi connectivity index (χ3v) is 2.81. The predicted molar refractivity (Wildman–Crippen MR) is 88.1 cm³/mol. The Balaban J connectivity index is 2.93. The first-order valence-electron chi connectivity index (χ1n) is 7.55. The van der Waals surface area contributed by atoms with Crippen molar-refractivity contribution in [3.05, 3.63) is 29.8 Å². The summed E-state index contributed by atoms with van der Waals surface area (Å²) in [5, 5.41) is 8.95. The number of amides is 1. The first kappa shape index (κ1) is 19.0. The van der Waals surface area contributed by atoms with Crippen molar-refractivity contribution in [2.45, 2.75) is 46.3 Å². The molecule has 0 aliphatic carbocycles. The fraction of sp³-hybridized carbons (Fsp3) is 0.529. The summed E-state index contributed by atoms with van der Waals surface area (Å²) in [4.78, 5) is 24.8. The van der Waals surface area contributed by atoms with E-state index < -0.39 is 17.7 Å². The number of carbonyl (C=O) groups excluding carboxylic acids is 1. The Bertz CT molecular complexity index is 531. The van der Waals surface area contributed by atoms with Crippen LogP contribution >= 0.6 is 0 Å². The molecule has 0 aromatic heterocycles. The first-order chi connectivity index (χ1) is 10.6. The van der Waals surface area contributed by atoms with Gasteiger partial charge in [-0.15, -0.1) is 0 Å². The molecule has 0 spiro atoms. The number of carboxylic acids is 1. The number of hydrogen-bond donors (Lipinski definition) is 1. The van der Waals surface area contributed by atoms with E-state index in [0.29, 0.717) is 18.8 Å². The molecular formula is C17H25NO5. The van der Waals surface area contributed by atoms with E-state index in [9.17, 15) is 9.59 Å². The molecule has 0 bridgehead atoms. The fourth-order valence-electron chi connectivity index (χ4n) is 1.81. The zero-order valence-electron chi connectivity index (χ0n) is 14.3. The molecule has 6 nitrogen and oxygen atoms in total. The number of carbonyl (C=O) groups is 2. The standard InChI is InChI=1S/C17H25NO5/c1-12(2)22-11-10-18(16(21)23-17(3,4)5)14-8-6-13(7-9-14)15(19)20/h6-9,12H,10-11H2,1-5H3,(H,19,20). The van der Waals surface area contributed by atoms with Crippen molar-refractivity contribution in [1.29, 1.82) is 0 Å². The topological polar surface area (TPSA) is 76.1 Å². The maximum absolute atomic E-state index is 12.4. The maximum atomic E-state index is 12.4. The minimum absolute atomic E-state index is 0.0601.